The molecule has 0 unspecified atom stereocenters. The summed E-state index contributed by atoms with van der Waals surface area (Å²) in [6, 6.07) is 0. The van der Waals surface area contributed by atoms with Crippen molar-refractivity contribution in [1.29, 1.82) is 0 Å². The molecule has 0 aromatic heterocycles. The molecular formula is C7H12ClNO4S. The number of hydrogen-bond donors (Lipinski definition) is 1. The molecule has 0 spiro atoms. The van der Waals surface area contributed by atoms with Crippen LogP contribution in [0.2, 0.25) is 0 Å². The van der Waals surface area contributed by atoms with Crippen molar-refractivity contribution in [3.63, 3.8) is 0 Å². The molecule has 0 aromatic carbocycles. The standard InChI is InChI=1S/C7H12ClNO4S/c8-14(11,12)9-7(10)13-5-4-6-2-1-3-6/h6H,1-5H2,(H,9,10). The van der Waals surface area contributed by atoms with E-state index in [2.05, 4.69) is 4.74 Å². The Morgan fingerprint density at radius 2 is 2.14 bits per heavy atom. The van der Waals surface area contributed by atoms with Crippen LogP contribution in [-0.2, 0) is 14.0 Å². The Balaban J connectivity index is 2.08. The van der Waals surface area contributed by atoms with E-state index in [9.17, 15) is 13.2 Å². The second kappa shape index (κ2) is 4.84. The lowest BCUT2D eigenvalue weighted by Gasteiger charge is -2.24. The van der Waals surface area contributed by atoms with E-state index >= 15 is 0 Å². The normalized spacial score (nSPS) is 17.2. The van der Waals surface area contributed by atoms with Crippen molar-refractivity contribution in [2.24, 2.45) is 5.92 Å². The highest BCUT2D eigenvalue weighted by Gasteiger charge is 2.18. The van der Waals surface area contributed by atoms with Crippen molar-refractivity contribution in [3.05, 3.63) is 0 Å². The van der Waals surface area contributed by atoms with Crippen LogP contribution in [0.4, 0.5) is 4.79 Å². The molecule has 1 N–H and O–H groups in total. The lowest BCUT2D eigenvalue weighted by Crippen LogP contribution is -2.28. The third-order valence-corrected chi connectivity index (χ3v) is 2.83. The second-order valence-electron chi connectivity index (χ2n) is 3.26. The molecule has 1 aliphatic rings. The molecule has 0 heterocycles. The molecule has 82 valence electrons. The average Bonchev–Trinajstić information content (AvgIpc) is 1.90. The molecule has 14 heavy (non-hydrogen) atoms. The van der Waals surface area contributed by atoms with E-state index in [1.54, 1.807) is 0 Å². The summed E-state index contributed by atoms with van der Waals surface area (Å²) in [5, 5.41) is 0. The van der Waals surface area contributed by atoms with Crippen molar-refractivity contribution in [2.75, 3.05) is 6.61 Å². The molecule has 5 nitrogen and oxygen atoms in total. The van der Waals surface area contributed by atoms with Crippen molar-refractivity contribution >= 4 is 26.0 Å². The van der Waals surface area contributed by atoms with E-state index < -0.39 is 15.3 Å². The van der Waals surface area contributed by atoms with Gasteiger partial charge >= 0.3 is 15.3 Å². The lowest BCUT2D eigenvalue weighted by atomic mass is 9.83. The van der Waals surface area contributed by atoms with Crippen LogP contribution in [0.3, 0.4) is 0 Å². The van der Waals surface area contributed by atoms with Gasteiger partial charge in [0.15, 0.2) is 0 Å². The van der Waals surface area contributed by atoms with Crippen molar-refractivity contribution in [1.82, 2.24) is 4.72 Å². The second-order valence-corrected chi connectivity index (χ2v) is 5.56. The van der Waals surface area contributed by atoms with Crippen molar-refractivity contribution in [2.45, 2.75) is 25.7 Å². The van der Waals surface area contributed by atoms with Gasteiger partial charge in [-0.25, -0.2) is 9.52 Å². The highest BCUT2D eigenvalue weighted by atomic mass is 35.7. The SMILES string of the molecule is O=C(NS(=O)(=O)Cl)OCCC1CCC1. The fourth-order valence-electron chi connectivity index (χ4n) is 1.23. The van der Waals surface area contributed by atoms with Crippen LogP contribution < -0.4 is 4.72 Å². The average molecular weight is 242 g/mol. The zero-order valence-corrected chi connectivity index (χ0v) is 9.10. The third-order valence-electron chi connectivity index (χ3n) is 2.19. The van der Waals surface area contributed by atoms with Gasteiger partial charge in [-0.2, -0.15) is 8.42 Å². The molecule has 1 rings (SSSR count). The molecule has 0 atom stereocenters. The molecule has 0 aliphatic heterocycles. The van der Waals surface area contributed by atoms with Gasteiger partial charge in [0, 0.05) is 10.7 Å². The summed E-state index contributed by atoms with van der Waals surface area (Å²) < 4.78 is 26.8. The Labute approximate surface area is 87.3 Å². The summed E-state index contributed by atoms with van der Waals surface area (Å²) in [5.41, 5.74) is 0. The van der Waals surface area contributed by atoms with Gasteiger partial charge in [0.05, 0.1) is 6.61 Å². The highest BCUT2D eigenvalue weighted by molar-refractivity contribution is 8.12. The fourth-order valence-corrected chi connectivity index (χ4v) is 1.68. The number of nitrogens with one attached hydrogen (secondary N) is 1. The maximum atomic E-state index is 10.7. The van der Waals surface area contributed by atoms with E-state index in [1.807, 2.05) is 0 Å². The summed E-state index contributed by atoms with van der Waals surface area (Å²) in [4.78, 5) is 10.7. The Hall–Kier alpha value is -0.490. The van der Waals surface area contributed by atoms with E-state index in [4.69, 9.17) is 10.7 Å². The van der Waals surface area contributed by atoms with Crippen LogP contribution in [0.25, 0.3) is 0 Å². The van der Waals surface area contributed by atoms with Crippen molar-refractivity contribution in [3.8, 4) is 0 Å². The summed E-state index contributed by atoms with van der Waals surface area (Å²) in [5.74, 6) is 0.621. The van der Waals surface area contributed by atoms with Gasteiger partial charge in [0.2, 0.25) is 0 Å². The number of ether oxygens (including phenoxy) is 1. The van der Waals surface area contributed by atoms with E-state index in [0.29, 0.717) is 5.92 Å². The first-order valence-electron chi connectivity index (χ1n) is 4.36. The Morgan fingerprint density at radius 3 is 2.57 bits per heavy atom. The molecule has 1 amide bonds. The maximum absolute atomic E-state index is 10.7. The number of rotatable bonds is 4. The first-order chi connectivity index (χ1) is 6.47. The van der Waals surface area contributed by atoms with Crippen LogP contribution in [0.1, 0.15) is 25.7 Å². The Kier molecular flexibility index (Phi) is 4.00. The van der Waals surface area contributed by atoms with Crippen LogP contribution in [0.15, 0.2) is 0 Å². The lowest BCUT2D eigenvalue weighted by molar-refractivity contribution is 0.135. The molecule has 0 bridgehead atoms. The minimum atomic E-state index is -4.02. The highest BCUT2D eigenvalue weighted by Crippen LogP contribution is 2.29. The van der Waals surface area contributed by atoms with Gasteiger partial charge in [-0.15, -0.1) is 0 Å². The Bertz CT molecular complexity index is 299. The van der Waals surface area contributed by atoms with Gasteiger partial charge in [-0.1, -0.05) is 19.3 Å². The Morgan fingerprint density at radius 1 is 1.50 bits per heavy atom. The largest absolute Gasteiger partial charge is 0.449 e. The molecule has 0 radical (unpaired) electrons. The van der Waals surface area contributed by atoms with Crippen molar-refractivity contribution < 1.29 is 17.9 Å². The quantitative estimate of drug-likeness (QED) is 0.755. The van der Waals surface area contributed by atoms with Gasteiger partial charge in [0.25, 0.3) is 0 Å². The maximum Gasteiger partial charge on any atom is 0.421 e. The first kappa shape index (κ1) is 11.6. The zero-order chi connectivity index (χ0) is 10.6. The summed E-state index contributed by atoms with van der Waals surface area (Å²) in [6.07, 6.45) is 3.33. The minimum absolute atomic E-state index is 0.239. The van der Waals surface area contributed by atoms with Gasteiger partial charge in [-0.05, 0) is 12.3 Å². The predicted molar refractivity (Wildman–Crippen MR) is 51.2 cm³/mol. The smallest absolute Gasteiger partial charge is 0.421 e. The number of amides is 1. The van der Waals surface area contributed by atoms with E-state index in [0.717, 1.165) is 6.42 Å². The zero-order valence-electron chi connectivity index (χ0n) is 7.53. The van der Waals surface area contributed by atoms with Crippen LogP contribution in [0.5, 0.6) is 0 Å². The van der Waals surface area contributed by atoms with Gasteiger partial charge in [-0.3, -0.25) is 0 Å². The van der Waals surface area contributed by atoms with E-state index in [1.165, 1.54) is 24.0 Å². The fraction of sp³-hybridized carbons (Fsp3) is 0.857. The monoisotopic (exact) mass is 241 g/mol. The van der Waals surface area contributed by atoms with Gasteiger partial charge in [0.1, 0.15) is 0 Å². The molecule has 1 fully saturated rings. The molecule has 0 aromatic rings. The predicted octanol–water partition coefficient (Wildman–Crippen LogP) is 1.39. The number of carbonyl (C=O) groups excluding carboxylic acids is 1. The van der Waals surface area contributed by atoms with Crippen LogP contribution in [0, 0.1) is 5.92 Å². The number of halogens is 1. The topological polar surface area (TPSA) is 72.5 Å². The van der Waals surface area contributed by atoms with Crippen LogP contribution >= 0.6 is 10.7 Å². The first-order valence-corrected chi connectivity index (χ1v) is 6.67. The molecule has 1 aliphatic carbocycles. The summed E-state index contributed by atoms with van der Waals surface area (Å²) in [7, 11) is 0.750. The van der Waals surface area contributed by atoms with Crippen LogP contribution in [-0.4, -0.2) is 21.1 Å². The van der Waals surface area contributed by atoms with E-state index in [-0.39, 0.29) is 6.61 Å². The third kappa shape index (κ3) is 4.66. The summed E-state index contributed by atoms with van der Waals surface area (Å²) in [6.45, 7) is 0.239. The van der Waals surface area contributed by atoms with Gasteiger partial charge < -0.3 is 4.74 Å². The molecular weight excluding hydrogens is 230 g/mol. The summed E-state index contributed by atoms with van der Waals surface area (Å²) >= 11 is 0. The molecule has 1 saturated carbocycles. The number of hydrogen-bond acceptors (Lipinski definition) is 4. The number of carbonyl (C=O) groups is 1. The molecule has 7 heteroatoms. The minimum Gasteiger partial charge on any atom is -0.449 e. The molecule has 0 saturated heterocycles.